The lowest BCUT2D eigenvalue weighted by Gasteiger charge is -2.30. The van der Waals surface area contributed by atoms with Gasteiger partial charge in [-0.2, -0.15) is 0 Å². The summed E-state index contributed by atoms with van der Waals surface area (Å²) < 4.78 is 5.61. The molecule has 1 fully saturated rings. The van der Waals surface area contributed by atoms with Gasteiger partial charge in [0.25, 0.3) is 0 Å². The number of aliphatic carboxylic acids is 1. The zero-order chi connectivity index (χ0) is 24.5. The second kappa shape index (κ2) is 9.54. The second-order valence-corrected chi connectivity index (χ2v) is 9.41. The first kappa shape index (κ1) is 23.1. The lowest BCUT2D eigenvalue weighted by atomic mass is 9.89. The Morgan fingerprint density at radius 1 is 1.00 bits per heavy atom. The Labute approximate surface area is 203 Å². The number of allylic oxidation sites excluding steroid dienone is 1. The molecule has 1 saturated heterocycles. The predicted molar refractivity (Wildman–Crippen MR) is 128 cm³/mol. The molecule has 8 nitrogen and oxygen atoms in total. The van der Waals surface area contributed by atoms with Crippen LogP contribution in [0.4, 0.5) is 4.79 Å². The quantitative estimate of drug-likeness (QED) is 0.572. The smallest absolute Gasteiger partial charge is 0.407 e. The van der Waals surface area contributed by atoms with Crippen molar-refractivity contribution in [1.29, 1.82) is 0 Å². The fourth-order valence-electron chi connectivity index (χ4n) is 5.51. The Bertz CT molecular complexity index is 1130. The Balaban J connectivity index is 1.19. The van der Waals surface area contributed by atoms with E-state index < -0.39 is 36.2 Å². The van der Waals surface area contributed by atoms with Crippen molar-refractivity contribution in [3.8, 4) is 11.1 Å². The number of carbonyl (C=O) groups is 3. The number of fused-ring (bicyclic) bond motifs is 3. The first-order valence-electron chi connectivity index (χ1n) is 11.9. The Kier molecular flexibility index (Phi) is 6.30. The van der Waals surface area contributed by atoms with Gasteiger partial charge < -0.3 is 25.2 Å². The molecule has 2 unspecified atom stereocenters. The lowest BCUT2D eigenvalue weighted by Crippen LogP contribution is -2.46. The van der Waals surface area contributed by atoms with Crippen molar-refractivity contribution >= 4 is 18.0 Å². The van der Waals surface area contributed by atoms with Crippen LogP contribution in [0.5, 0.6) is 0 Å². The molecule has 0 radical (unpaired) electrons. The fourth-order valence-corrected chi connectivity index (χ4v) is 5.51. The summed E-state index contributed by atoms with van der Waals surface area (Å²) in [6.45, 7) is 0.213. The van der Waals surface area contributed by atoms with Crippen molar-refractivity contribution in [3.63, 3.8) is 0 Å². The number of rotatable bonds is 5. The normalized spacial score (nSPS) is 25.1. The van der Waals surface area contributed by atoms with Gasteiger partial charge in [-0.05, 0) is 35.1 Å². The van der Waals surface area contributed by atoms with E-state index in [0.717, 1.165) is 22.3 Å². The summed E-state index contributed by atoms with van der Waals surface area (Å²) in [5, 5.41) is 22.1. The van der Waals surface area contributed by atoms with Crippen molar-refractivity contribution in [3.05, 3.63) is 71.8 Å². The number of hydrogen-bond acceptors (Lipinski definition) is 5. The molecule has 0 spiro atoms. The van der Waals surface area contributed by atoms with Crippen LogP contribution in [-0.2, 0) is 14.3 Å². The number of nitrogens with one attached hydrogen (secondary N) is 1. The molecule has 0 aromatic heterocycles. The summed E-state index contributed by atoms with van der Waals surface area (Å²) in [6.07, 6.45) is 3.09. The van der Waals surface area contributed by atoms with Gasteiger partial charge in [0.15, 0.2) is 0 Å². The zero-order valence-corrected chi connectivity index (χ0v) is 19.2. The maximum absolute atomic E-state index is 13.0. The third-order valence-electron chi connectivity index (χ3n) is 7.17. The molecule has 0 bridgehead atoms. The maximum Gasteiger partial charge on any atom is 0.407 e. The van der Waals surface area contributed by atoms with E-state index in [1.807, 2.05) is 36.4 Å². The van der Waals surface area contributed by atoms with Crippen LogP contribution >= 0.6 is 0 Å². The number of nitrogens with zero attached hydrogens (tertiary/aromatic N) is 1. The van der Waals surface area contributed by atoms with Crippen molar-refractivity contribution in [2.24, 2.45) is 5.92 Å². The minimum atomic E-state index is -1.12. The van der Waals surface area contributed by atoms with E-state index >= 15 is 0 Å². The van der Waals surface area contributed by atoms with Crippen molar-refractivity contribution in [2.75, 3.05) is 13.2 Å². The number of amides is 2. The van der Waals surface area contributed by atoms with E-state index in [9.17, 15) is 24.6 Å². The van der Waals surface area contributed by atoms with Crippen LogP contribution in [0.1, 0.15) is 36.3 Å². The molecule has 182 valence electrons. The van der Waals surface area contributed by atoms with E-state index in [4.69, 9.17) is 4.74 Å². The van der Waals surface area contributed by atoms with Gasteiger partial charge >= 0.3 is 12.1 Å². The van der Waals surface area contributed by atoms with Crippen LogP contribution in [0, 0.1) is 5.92 Å². The zero-order valence-electron chi connectivity index (χ0n) is 19.2. The van der Waals surface area contributed by atoms with Gasteiger partial charge in [-0.15, -0.1) is 0 Å². The van der Waals surface area contributed by atoms with E-state index in [1.54, 1.807) is 0 Å². The van der Waals surface area contributed by atoms with Crippen LogP contribution in [0.15, 0.2) is 60.7 Å². The minimum Gasteiger partial charge on any atom is -0.480 e. The summed E-state index contributed by atoms with van der Waals surface area (Å²) in [7, 11) is 0. The van der Waals surface area contributed by atoms with Gasteiger partial charge in [0.2, 0.25) is 5.91 Å². The number of benzene rings is 2. The average Bonchev–Trinajstić information content (AvgIpc) is 3.41. The Hall–Kier alpha value is -3.65. The number of aliphatic hydroxyl groups is 1. The minimum absolute atomic E-state index is 0.0144. The number of ether oxygens (including phenoxy) is 1. The first-order valence-corrected chi connectivity index (χ1v) is 11.9. The summed E-state index contributed by atoms with van der Waals surface area (Å²) in [6, 6.07) is 14.8. The molecule has 0 saturated carbocycles. The fraction of sp³-hybridized carbons (Fsp3) is 0.370. The van der Waals surface area contributed by atoms with Crippen molar-refractivity contribution in [1.82, 2.24) is 10.2 Å². The number of carboxylic acids is 1. The molecule has 8 heteroatoms. The van der Waals surface area contributed by atoms with E-state index in [1.165, 1.54) is 4.90 Å². The average molecular weight is 477 g/mol. The molecular formula is C27H28N2O6. The molecule has 2 amide bonds. The number of alkyl carbamates (subject to hydrolysis) is 1. The van der Waals surface area contributed by atoms with Crippen LogP contribution in [-0.4, -0.2) is 64.4 Å². The number of aliphatic hydroxyl groups excluding tert-OH is 1. The van der Waals surface area contributed by atoms with Gasteiger partial charge in [-0.25, -0.2) is 9.59 Å². The number of carbonyl (C=O) groups excluding carboxylic acids is 2. The molecule has 2 aromatic carbocycles. The summed E-state index contributed by atoms with van der Waals surface area (Å²) in [4.78, 5) is 38.4. The molecule has 35 heavy (non-hydrogen) atoms. The summed E-state index contributed by atoms with van der Waals surface area (Å²) in [5.74, 6) is -1.93. The molecule has 2 aromatic rings. The Morgan fingerprint density at radius 3 is 2.31 bits per heavy atom. The van der Waals surface area contributed by atoms with Gasteiger partial charge in [0, 0.05) is 24.8 Å². The molecule has 5 rings (SSSR count). The highest BCUT2D eigenvalue weighted by atomic mass is 16.5. The third-order valence-corrected chi connectivity index (χ3v) is 7.17. The molecule has 1 aliphatic heterocycles. The molecule has 4 atom stereocenters. The number of β-amino-alcohol motifs (C(OH)–C–C–N with tert-alkyl or cyclic N) is 1. The van der Waals surface area contributed by atoms with Crippen LogP contribution in [0.3, 0.4) is 0 Å². The van der Waals surface area contributed by atoms with E-state index in [2.05, 4.69) is 29.6 Å². The standard InChI is InChI=1S/C27H28N2O6/c30-18-13-24(26(32)33)29(14-18)25(31)16-6-5-7-17(12-16)28-27(34)35-15-23-21-10-3-1-8-19(21)20-9-2-4-11-22(20)23/h1-5,7-11,16-18,23-24,30H,6,12-15H2,(H,28,34)(H,32,33)/t16-,17-,18?,24?/m1/s1. The maximum atomic E-state index is 13.0. The largest absolute Gasteiger partial charge is 0.480 e. The Morgan fingerprint density at radius 2 is 1.66 bits per heavy atom. The lowest BCUT2D eigenvalue weighted by molar-refractivity contribution is -0.150. The molecule has 3 N–H and O–H groups in total. The summed E-state index contributed by atoms with van der Waals surface area (Å²) in [5.41, 5.74) is 4.57. The van der Waals surface area contributed by atoms with Gasteiger partial charge in [0.1, 0.15) is 12.6 Å². The monoisotopic (exact) mass is 476 g/mol. The highest BCUT2D eigenvalue weighted by molar-refractivity contribution is 5.86. The topological polar surface area (TPSA) is 116 Å². The van der Waals surface area contributed by atoms with Gasteiger partial charge in [-0.1, -0.05) is 60.7 Å². The number of hydrogen-bond donors (Lipinski definition) is 3. The predicted octanol–water partition coefficient (Wildman–Crippen LogP) is 2.91. The van der Waals surface area contributed by atoms with E-state index in [0.29, 0.717) is 12.8 Å². The first-order chi connectivity index (χ1) is 16.9. The van der Waals surface area contributed by atoms with E-state index in [-0.39, 0.29) is 31.4 Å². The molecule has 3 aliphatic rings. The SMILES string of the molecule is O=C(N[C@@H]1C=CC[C@@H](C(=O)N2CC(O)CC2C(=O)O)C1)OCC1c2ccccc2-c2ccccc21. The number of carboxylic acid groups (broad SMARTS) is 1. The molecule has 2 aliphatic carbocycles. The van der Waals surface area contributed by atoms with Crippen molar-refractivity contribution in [2.45, 2.75) is 43.4 Å². The molecular weight excluding hydrogens is 448 g/mol. The number of likely N-dealkylation sites (tertiary alicyclic amines) is 1. The van der Waals surface area contributed by atoms with Gasteiger partial charge in [0.05, 0.1) is 12.1 Å². The summed E-state index contributed by atoms with van der Waals surface area (Å²) >= 11 is 0. The third kappa shape index (κ3) is 4.53. The van der Waals surface area contributed by atoms with Crippen LogP contribution in [0.25, 0.3) is 11.1 Å². The highest BCUT2D eigenvalue weighted by Gasteiger charge is 2.41. The molecule has 1 heterocycles. The van der Waals surface area contributed by atoms with Crippen molar-refractivity contribution < 1.29 is 29.3 Å². The second-order valence-electron chi connectivity index (χ2n) is 9.41. The van der Waals surface area contributed by atoms with Crippen LogP contribution < -0.4 is 5.32 Å². The van der Waals surface area contributed by atoms with Crippen LogP contribution in [0.2, 0.25) is 0 Å². The highest BCUT2D eigenvalue weighted by Crippen LogP contribution is 2.44. The van der Waals surface area contributed by atoms with Gasteiger partial charge in [-0.3, -0.25) is 4.79 Å².